The SMILES string of the molecule is N#Cc1ccc(C2C(C(=O)O)c3ccccc3C(=O)N2Cc2ccc(F)cc2)cc1. The monoisotopic (exact) mass is 400 g/mol. The average molecular weight is 400 g/mol. The minimum atomic E-state index is -1.05. The fourth-order valence-electron chi connectivity index (χ4n) is 3.95. The molecule has 1 aliphatic rings. The molecule has 0 radical (unpaired) electrons. The molecule has 0 saturated carbocycles. The summed E-state index contributed by atoms with van der Waals surface area (Å²) >= 11 is 0. The fraction of sp³-hybridized carbons (Fsp3) is 0.125. The van der Waals surface area contributed by atoms with Crippen molar-refractivity contribution in [3.8, 4) is 6.07 Å². The summed E-state index contributed by atoms with van der Waals surface area (Å²) in [6.45, 7) is 0.127. The maximum Gasteiger partial charge on any atom is 0.313 e. The number of aliphatic carboxylic acids is 1. The molecule has 6 heteroatoms. The van der Waals surface area contributed by atoms with Crippen molar-refractivity contribution >= 4 is 11.9 Å². The molecule has 4 rings (SSSR count). The standard InChI is InChI=1S/C24H17FN2O3/c25-18-11-7-16(8-12-18)14-27-22(17-9-5-15(13-26)6-10-17)21(24(29)30)19-3-1-2-4-20(19)23(27)28/h1-12,21-22H,14H2,(H,29,30). The second-order valence-corrected chi connectivity index (χ2v) is 7.14. The van der Waals surface area contributed by atoms with Gasteiger partial charge in [-0.3, -0.25) is 9.59 Å². The van der Waals surface area contributed by atoms with Crippen LogP contribution in [-0.4, -0.2) is 21.9 Å². The number of carbonyl (C=O) groups is 2. The molecule has 1 amide bonds. The van der Waals surface area contributed by atoms with Crippen molar-refractivity contribution in [1.82, 2.24) is 4.90 Å². The van der Waals surface area contributed by atoms with Crippen LogP contribution in [-0.2, 0) is 11.3 Å². The molecule has 0 bridgehead atoms. The highest BCUT2D eigenvalue weighted by molar-refractivity contribution is 6.00. The number of hydrogen-bond acceptors (Lipinski definition) is 3. The molecule has 148 valence electrons. The predicted molar refractivity (Wildman–Crippen MR) is 107 cm³/mol. The van der Waals surface area contributed by atoms with Gasteiger partial charge in [-0.05, 0) is 47.0 Å². The molecule has 5 nitrogen and oxygen atoms in total. The third kappa shape index (κ3) is 3.42. The number of hydrogen-bond donors (Lipinski definition) is 1. The summed E-state index contributed by atoms with van der Waals surface area (Å²) < 4.78 is 13.3. The van der Waals surface area contributed by atoms with Crippen LogP contribution in [0.3, 0.4) is 0 Å². The molecule has 1 N–H and O–H groups in total. The van der Waals surface area contributed by atoms with Crippen molar-refractivity contribution in [3.63, 3.8) is 0 Å². The minimum absolute atomic E-state index is 0.127. The smallest absolute Gasteiger partial charge is 0.313 e. The van der Waals surface area contributed by atoms with Crippen molar-refractivity contribution < 1.29 is 19.1 Å². The molecule has 0 saturated heterocycles. The fourth-order valence-corrected chi connectivity index (χ4v) is 3.95. The lowest BCUT2D eigenvalue weighted by atomic mass is 9.79. The van der Waals surface area contributed by atoms with E-state index in [4.69, 9.17) is 5.26 Å². The van der Waals surface area contributed by atoms with Gasteiger partial charge in [0, 0.05) is 12.1 Å². The number of nitrogens with zero attached hydrogens (tertiary/aromatic N) is 2. The van der Waals surface area contributed by atoms with Crippen LogP contribution in [0.1, 0.15) is 44.6 Å². The average Bonchev–Trinajstić information content (AvgIpc) is 2.76. The lowest BCUT2D eigenvalue weighted by Crippen LogP contribution is -2.44. The molecular weight excluding hydrogens is 383 g/mol. The topological polar surface area (TPSA) is 81.4 Å². The number of halogens is 1. The first-order valence-corrected chi connectivity index (χ1v) is 9.37. The van der Waals surface area contributed by atoms with Gasteiger partial charge < -0.3 is 10.0 Å². The van der Waals surface area contributed by atoms with Crippen molar-refractivity contribution in [2.45, 2.75) is 18.5 Å². The van der Waals surface area contributed by atoms with E-state index in [1.54, 1.807) is 60.7 Å². The second kappa shape index (κ2) is 7.80. The number of nitriles is 1. The van der Waals surface area contributed by atoms with Crippen LogP contribution in [0.15, 0.2) is 72.8 Å². The normalized spacial score (nSPS) is 17.9. The molecule has 0 aliphatic carbocycles. The van der Waals surface area contributed by atoms with E-state index in [1.807, 2.05) is 6.07 Å². The zero-order valence-electron chi connectivity index (χ0n) is 15.8. The Morgan fingerprint density at radius 2 is 1.70 bits per heavy atom. The van der Waals surface area contributed by atoms with E-state index in [0.717, 1.165) is 0 Å². The molecule has 2 atom stereocenters. The molecule has 1 aliphatic heterocycles. The third-order valence-corrected chi connectivity index (χ3v) is 5.35. The summed E-state index contributed by atoms with van der Waals surface area (Å²) in [6.07, 6.45) is 0. The van der Waals surface area contributed by atoms with E-state index in [9.17, 15) is 19.1 Å². The Morgan fingerprint density at radius 1 is 1.03 bits per heavy atom. The molecule has 3 aromatic carbocycles. The van der Waals surface area contributed by atoms with Gasteiger partial charge in [0.1, 0.15) is 11.7 Å². The Hall–Kier alpha value is -3.98. The lowest BCUT2D eigenvalue weighted by molar-refractivity contribution is -0.140. The van der Waals surface area contributed by atoms with Crippen LogP contribution < -0.4 is 0 Å². The molecule has 3 aromatic rings. The molecule has 0 fully saturated rings. The number of carboxylic acid groups (broad SMARTS) is 1. The summed E-state index contributed by atoms with van der Waals surface area (Å²) in [5.74, 6) is -2.70. The van der Waals surface area contributed by atoms with Crippen LogP contribution in [0, 0.1) is 17.1 Å². The van der Waals surface area contributed by atoms with E-state index in [2.05, 4.69) is 0 Å². The Kier molecular flexibility index (Phi) is 5.03. The van der Waals surface area contributed by atoms with Crippen LogP contribution in [0.25, 0.3) is 0 Å². The number of carbonyl (C=O) groups excluding carboxylic acids is 1. The van der Waals surface area contributed by atoms with E-state index < -0.39 is 17.9 Å². The summed E-state index contributed by atoms with van der Waals surface area (Å²) in [5.41, 5.74) is 2.55. The number of carboxylic acids is 1. The van der Waals surface area contributed by atoms with E-state index in [-0.39, 0.29) is 18.3 Å². The van der Waals surface area contributed by atoms with E-state index in [0.29, 0.717) is 27.8 Å². The summed E-state index contributed by atoms with van der Waals surface area (Å²) in [4.78, 5) is 27.2. The van der Waals surface area contributed by atoms with Crippen LogP contribution in [0.2, 0.25) is 0 Å². The Morgan fingerprint density at radius 3 is 2.33 bits per heavy atom. The molecule has 30 heavy (non-hydrogen) atoms. The molecular formula is C24H17FN2O3. The minimum Gasteiger partial charge on any atom is -0.481 e. The Balaban J connectivity index is 1.86. The first kappa shape index (κ1) is 19.3. The van der Waals surface area contributed by atoms with Crippen molar-refractivity contribution in [2.24, 2.45) is 0 Å². The molecule has 1 heterocycles. The predicted octanol–water partition coefficient (Wildman–Crippen LogP) is 4.26. The summed E-state index contributed by atoms with van der Waals surface area (Å²) in [7, 11) is 0. The number of fused-ring (bicyclic) bond motifs is 1. The Bertz CT molecular complexity index is 1150. The zero-order chi connectivity index (χ0) is 21.3. The van der Waals surface area contributed by atoms with Crippen molar-refractivity contribution in [3.05, 3.63) is 106 Å². The number of benzene rings is 3. The highest BCUT2D eigenvalue weighted by Gasteiger charge is 2.44. The van der Waals surface area contributed by atoms with Gasteiger partial charge in [-0.1, -0.05) is 42.5 Å². The van der Waals surface area contributed by atoms with Crippen LogP contribution in [0.5, 0.6) is 0 Å². The first-order chi connectivity index (χ1) is 14.5. The second-order valence-electron chi connectivity index (χ2n) is 7.14. The van der Waals surface area contributed by atoms with Crippen LogP contribution in [0.4, 0.5) is 4.39 Å². The van der Waals surface area contributed by atoms with Crippen molar-refractivity contribution in [2.75, 3.05) is 0 Å². The van der Waals surface area contributed by atoms with Gasteiger partial charge in [-0.25, -0.2) is 4.39 Å². The molecule has 0 aromatic heterocycles. The van der Waals surface area contributed by atoms with Gasteiger partial charge in [0.15, 0.2) is 0 Å². The van der Waals surface area contributed by atoms with Gasteiger partial charge in [0.2, 0.25) is 0 Å². The number of amides is 1. The van der Waals surface area contributed by atoms with Gasteiger partial charge in [0.25, 0.3) is 5.91 Å². The van der Waals surface area contributed by atoms with Crippen LogP contribution >= 0.6 is 0 Å². The largest absolute Gasteiger partial charge is 0.481 e. The lowest BCUT2D eigenvalue weighted by Gasteiger charge is -2.41. The first-order valence-electron chi connectivity index (χ1n) is 9.37. The maximum atomic E-state index is 13.4. The quantitative estimate of drug-likeness (QED) is 0.709. The van der Waals surface area contributed by atoms with Gasteiger partial charge in [-0.2, -0.15) is 5.26 Å². The maximum absolute atomic E-state index is 13.4. The van der Waals surface area contributed by atoms with Gasteiger partial charge in [-0.15, -0.1) is 0 Å². The summed E-state index contributed by atoms with van der Waals surface area (Å²) in [5, 5.41) is 19.2. The highest BCUT2D eigenvalue weighted by atomic mass is 19.1. The molecule has 0 spiro atoms. The highest BCUT2D eigenvalue weighted by Crippen LogP contribution is 2.43. The van der Waals surface area contributed by atoms with Gasteiger partial charge in [0.05, 0.1) is 17.7 Å². The van der Waals surface area contributed by atoms with Gasteiger partial charge >= 0.3 is 5.97 Å². The third-order valence-electron chi connectivity index (χ3n) is 5.35. The van der Waals surface area contributed by atoms with E-state index in [1.165, 1.54) is 17.0 Å². The Labute approximate surface area is 172 Å². The van der Waals surface area contributed by atoms with E-state index >= 15 is 0 Å². The number of rotatable bonds is 4. The summed E-state index contributed by atoms with van der Waals surface area (Å²) in [6, 6.07) is 20.3. The zero-order valence-corrected chi connectivity index (χ0v) is 15.8. The molecule has 2 unspecified atom stereocenters. The van der Waals surface area contributed by atoms with Crippen molar-refractivity contribution in [1.29, 1.82) is 5.26 Å².